The van der Waals surface area contributed by atoms with Gasteiger partial charge >= 0.3 is 5.97 Å². The molecule has 1 saturated heterocycles. The first kappa shape index (κ1) is 21.6. The molecule has 0 spiro atoms. The smallest absolute Gasteiger partial charge is 0.359 e. The molecule has 1 aliphatic rings. The molecule has 0 amide bonds. The number of Topliss-reactive ketones (excluding diaryl/α,β-unsaturated/α-hetero) is 1. The van der Waals surface area contributed by atoms with Crippen molar-refractivity contribution in [2.45, 2.75) is 31.5 Å². The molecule has 1 fully saturated rings. The van der Waals surface area contributed by atoms with E-state index in [-0.39, 0.29) is 29.0 Å². The Morgan fingerprint density at radius 2 is 2.06 bits per heavy atom. The summed E-state index contributed by atoms with van der Waals surface area (Å²) in [6, 6.07) is 6.98. The Morgan fingerprint density at radius 1 is 1.29 bits per heavy atom. The van der Waals surface area contributed by atoms with E-state index >= 15 is 0 Å². The van der Waals surface area contributed by atoms with Crippen molar-refractivity contribution in [3.8, 4) is 0 Å². The van der Waals surface area contributed by atoms with Crippen molar-refractivity contribution in [2.75, 3.05) is 24.4 Å². The van der Waals surface area contributed by atoms with Crippen LogP contribution in [0.2, 0.25) is 0 Å². The van der Waals surface area contributed by atoms with Gasteiger partial charge in [-0.05, 0) is 44.7 Å². The van der Waals surface area contributed by atoms with E-state index in [1.807, 2.05) is 30.0 Å². The predicted octanol–water partition coefficient (Wildman–Crippen LogP) is 2.87. The van der Waals surface area contributed by atoms with E-state index in [2.05, 4.69) is 4.98 Å². The summed E-state index contributed by atoms with van der Waals surface area (Å²) < 4.78 is 32.7. The lowest BCUT2D eigenvalue weighted by Crippen LogP contribution is -2.17. The number of esters is 1. The van der Waals surface area contributed by atoms with Gasteiger partial charge in [0, 0.05) is 29.2 Å². The fourth-order valence-electron chi connectivity index (χ4n) is 4.18. The summed E-state index contributed by atoms with van der Waals surface area (Å²) in [4.78, 5) is 29.8. The van der Waals surface area contributed by atoms with Crippen molar-refractivity contribution in [2.24, 2.45) is 0 Å². The second-order valence-electron chi connectivity index (χ2n) is 7.61. The van der Waals surface area contributed by atoms with Gasteiger partial charge in [0.1, 0.15) is 0 Å². The average molecular weight is 462 g/mol. The average Bonchev–Trinajstić information content (AvgIpc) is 3.38. The molecule has 4 rings (SSSR count). The number of hydrogen-bond donors (Lipinski definition) is 0. The zero-order chi connectivity index (χ0) is 22.3. The Hall–Kier alpha value is -2.59. The van der Waals surface area contributed by atoms with Gasteiger partial charge in [0.05, 0.1) is 17.0 Å². The number of aryl methyl sites for hydroxylation is 1. The van der Waals surface area contributed by atoms with E-state index in [1.54, 1.807) is 29.5 Å². The number of carbonyl (C=O) groups is 2. The molecule has 31 heavy (non-hydrogen) atoms. The molecule has 4 heterocycles. The summed E-state index contributed by atoms with van der Waals surface area (Å²) >= 11 is 1.41. The fraction of sp³-hybridized carbons (Fsp3) is 0.381. The summed E-state index contributed by atoms with van der Waals surface area (Å²) in [5.41, 5.74) is 2.73. The molecule has 1 atom stereocenters. The normalized spacial score (nSPS) is 17.8. The molecule has 0 aromatic carbocycles. The summed E-state index contributed by atoms with van der Waals surface area (Å²) in [5, 5.41) is 0.656. The molecule has 8 nitrogen and oxygen atoms in total. The third kappa shape index (κ3) is 4.01. The highest BCUT2D eigenvalue weighted by Gasteiger charge is 2.32. The molecule has 0 N–H and O–H groups in total. The van der Waals surface area contributed by atoms with Crippen LogP contribution < -0.4 is 0 Å². The maximum Gasteiger partial charge on any atom is 0.359 e. The first-order chi connectivity index (χ1) is 14.7. The number of thioether (sulfide) groups is 1. The number of aromatic nitrogens is 3. The van der Waals surface area contributed by atoms with Crippen LogP contribution in [0, 0.1) is 13.8 Å². The minimum atomic E-state index is -3.04. The SMILES string of the molecule is CSc1nc(C(=O)OCC(=O)c2cc(C)n(C3CCS(=O)(=O)C3)c2C)c2ccccn12. The number of hydrogen-bond acceptors (Lipinski definition) is 7. The van der Waals surface area contributed by atoms with Crippen LogP contribution in [-0.4, -0.2) is 58.5 Å². The van der Waals surface area contributed by atoms with E-state index in [1.165, 1.54) is 11.8 Å². The van der Waals surface area contributed by atoms with Gasteiger partial charge in [0.25, 0.3) is 0 Å². The summed E-state index contributed by atoms with van der Waals surface area (Å²) in [6.45, 7) is 3.23. The Labute approximate surface area is 184 Å². The number of pyridine rings is 1. The molecule has 1 unspecified atom stereocenters. The van der Waals surface area contributed by atoms with Crippen LogP contribution in [0.15, 0.2) is 35.6 Å². The predicted molar refractivity (Wildman–Crippen MR) is 118 cm³/mol. The number of rotatable bonds is 6. The molecular weight excluding hydrogens is 438 g/mol. The molecule has 0 bridgehead atoms. The van der Waals surface area contributed by atoms with Crippen molar-refractivity contribution >= 4 is 38.9 Å². The topological polar surface area (TPSA) is 99.7 Å². The Morgan fingerprint density at radius 3 is 2.74 bits per heavy atom. The lowest BCUT2D eigenvalue weighted by Gasteiger charge is -2.16. The van der Waals surface area contributed by atoms with Crippen molar-refractivity contribution in [3.05, 3.63) is 53.1 Å². The number of nitrogens with zero attached hydrogens (tertiary/aromatic N) is 3. The summed E-state index contributed by atoms with van der Waals surface area (Å²) in [7, 11) is -3.04. The standard InChI is InChI=1S/C21H23N3O5S2/c1-13-10-16(14(2)24(13)15-7-9-31(27,28)12-15)18(25)11-29-20(26)19-17-6-4-5-8-23(17)21(22-19)30-3/h4-6,8,10,15H,7,9,11-12H2,1-3H3. The molecule has 1 aliphatic heterocycles. The quantitative estimate of drug-likeness (QED) is 0.316. The molecule has 3 aromatic rings. The molecule has 0 aliphatic carbocycles. The van der Waals surface area contributed by atoms with Gasteiger partial charge < -0.3 is 9.30 Å². The fourth-order valence-corrected chi connectivity index (χ4v) is 6.42. The molecule has 0 saturated carbocycles. The van der Waals surface area contributed by atoms with Gasteiger partial charge in [0.15, 0.2) is 27.3 Å². The van der Waals surface area contributed by atoms with Crippen LogP contribution in [0.5, 0.6) is 0 Å². The van der Waals surface area contributed by atoms with Gasteiger partial charge in [-0.25, -0.2) is 18.2 Å². The van der Waals surface area contributed by atoms with E-state index in [0.717, 1.165) is 5.69 Å². The van der Waals surface area contributed by atoms with Gasteiger partial charge in [-0.15, -0.1) is 0 Å². The Balaban J connectivity index is 1.51. The number of fused-ring (bicyclic) bond motifs is 1. The highest BCUT2D eigenvalue weighted by Crippen LogP contribution is 2.29. The van der Waals surface area contributed by atoms with Crippen LogP contribution in [0.1, 0.15) is 44.7 Å². The van der Waals surface area contributed by atoms with Crippen molar-refractivity contribution in [3.63, 3.8) is 0 Å². The maximum atomic E-state index is 12.8. The second kappa shape index (κ2) is 8.16. The van der Waals surface area contributed by atoms with Crippen molar-refractivity contribution in [1.29, 1.82) is 0 Å². The van der Waals surface area contributed by atoms with E-state index in [4.69, 9.17) is 4.74 Å². The third-order valence-electron chi connectivity index (χ3n) is 5.58. The largest absolute Gasteiger partial charge is 0.452 e. The van der Waals surface area contributed by atoms with Gasteiger partial charge in [-0.3, -0.25) is 9.20 Å². The molecular formula is C21H23N3O5S2. The van der Waals surface area contributed by atoms with Crippen molar-refractivity contribution < 1.29 is 22.7 Å². The number of ketones is 1. The monoisotopic (exact) mass is 461 g/mol. The zero-order valence-electron chi connectivity index (χ0n) is 17.5. The van der Waals surface area contributed by atoms with E-state index in [9.17, 15) is 18.0 Å². The minimum Gasteiger partial charge on any atom is -0.452 e. The summed E-state index contributed by atoms with van der Waals surface area (Å²) in [6.07, 6.45) is 4.21. The number of ether oxygens (including phenoxy) is 1. The zero-order valence-corrected chi connectivity index (χ0v) is 19.1. The molecule has 0 radical (unpaired) electrons. The first-order valence-electron chi connectivity index (χ1n) is 9.82. The van der Waals surface area contributed by atoms with Crippen LogP contribution in [-0.2, 0) is 14.6 Å². The number of imidazole rings is 1. The van der Waals surface area contributed by atoms with E-state index < -0.39 is 22.4 Å². The molecule has 10 heteroatoms. The van der Waals surface area contributed by atoms with Crippen LogP contribution in [0.3, 0.4) is 0 Å². The summed E-state index contributed by atoms with van der Waals surface area (Å²) in [5.74, 6) is -0.751. The van der Waals surface area contributed by atoms with Crippen molar-refractivity contribution in [1.82, 2.24) is 14.0 Å². The van der Waals surface area contributed by atoms with Gasteiger partial charge in [-0.2, -0.15) is 0 Å². The molecule has 164 valence electrons. The minimum absolute atomic E-state index is 0.0805. The number of carbonyl (C=O) groups excluding carboxylic acids is 2. The third-order valence-corrected chi connectivity index (χ3v) is 7.99. The highest BCUT2D eigenvalue weighted by molar-refractivity contribution is 7.98. The first-order valence-corrected chi connectivity index (χ1v) is 12.9. The van der Waals surface area contributed by atoms with Crippen LogP contribution >= 0.6 is 11.8 Å². The van der Waals surface area contributed by atoms with Crippen LogP contribution in [0.25, 0.3) is 5.52 Å². The lowest BCUT2D eigenvalue weighted by molar-refractivity contribution is 0.0471. The lowest BCUT2D eigenvalue weighted by atomic mass is 10.1. The Bertz CT molecular complexity index is 1290. The van der Waals surface area contributed by atoms with Gasteiger partial charge in [-0.1, -0.05) is 17.8 Å². The second-order valence-corrected chi connectivity index (χ2v) is 10.6. The number of sulfone groups is 1. The van der Waals surface area contributed by atoms with Gasteiger partial charge in [0.2, 0.25) is 5.78 Å². The Kier molecular flexibility index (Phi) is 5.69. The maximum absolute atomic E-state index is 12.8. The van der Waals surface area contributed by atoms with Crippen LogP contribution in [0.4, 0.5) is 0 Å². The molecule has 3 aromatic heterocycles. The highest BCUT2D eigenvalue weighted by atomic mass is 32.2. The van der Waals surface area contributed by atoms with E-state index in [0.29, 0.717) is 28.4 Å².